The summed E-state index contributed by atoms with van der Waals surface area (Å²) in [7, 11) is 1.62. The fraction of sp³-hybridized carbons (Fsp3) is 0.100. The lowest BCUT2D eigenvalue weighted by Gasteiger charge is -2.01. The molecule has 3 heteroatoms. The molecule has 0 radical (unpaired) electrons. The van der Waals surface area contributed by atoms with E-state index in [1.54, 1.807) is 19.4 Å². The first-order valence-electron chi connectivity index (χ1n) is 3.92. The van der Waals surface area contributed by atoms with Gasteiger partial charge < -0.3 is 10.5 Å². The topological polar surface area (TPSA) is 47.6 Å². The van der Waals surface area contributed by atoms with Crippen molar-refractivity contribution in [3.8, 4) is 5.75 Å². The molecule has 3 nitrogen and oxygen atoms in total. The molecule has 0 saturated carbocycles. The number of rotatable bonds is 3. The number of aliphatic imine (C=N–C) groups is 1. The molecule has 13 heavy (non-hydrogen) atoms. The van der Waals surface area contributed by atoms with Crippen molar-refractivity contribution in [1.82, 2.24) is 0 Å². The lowest BCUT2D eigenvalue weighted by Crippen LogP contribution is -1.82. The van der Waals surface area contributed by atoms with Crippen LogP contribution in [0.3, 0.4) is 0 Å². The van der Waals surface area contributed by atoms with Gasteiger partial charge in [-0.3, -0.25) is 4.99 Å². The van der Waals surface area contributed by atoms with Crippen LogP contribution in [0.1, 0.15) is 0 Å². The summed E-state index contributed by atoms with van der Waals surface area (Å²) in [5, 5.41) is 0. The van der Waals surface area contributed by atoms with Crippen LogP contribution in [0.25, 0.3) is 0 Å². The molecular weight excluding hydrogens is 164 g/mol. The molecule has 2 N–H and O–H groups in total. The summed E-state index contributed by atoms with van der Waals surface area (Å²) in [5.41, 5.74) is 5.95. The Balaban J connectivity index is 2.86. The molecule has 0 bridgehead atoms. The summed E-state index contributed by atoms with van der Waals surface area (Å²) >= 11 is 0. The van der Waals surface area contributed by atoms with Gasteiger partial charge in [-0.2, -0.15) is 0 Å². The Bertz CT molecular complexity index is 318. The number of para-hydroxylation sites is 2. The van der Waals surface area contributed by atoms with Crippen molar-refractivity contribution >= 4 is 11.9 Å². The molecule has 68 valence electrons. The first kappa shape index (κ1) is 9.32. The number of nitrogens with two attached hydrogens (primary N) is 1. The molecule has 0 aliphatic carbocycles. The Morgan fingerprint density at radius 1 is 1.38 bits per heavy atom. The predicted octanol–water partition coefficient (Wildman–Crippen LogP) is 1.87. The number of hydrogen-bond donors (Lipinski definition) is 1. The Morgan fingerprint density at radius 2 is 2.15 bits per heavy atom. The molecule has 1 aromatic rings. The summed E-state index contributed by atoms with van der Waals surface area (Å²) in [6, 6.07) is 7.54. The van der Waals surface area contributed by atoms with Gasteiger partial charge in [0, 0.05) is 6.21 Å². The summed E-state index contributed by atoms with van der Waals surface area (Å²) < 4.78 is 5.11. The molecule has 1 rings (SSSR count). The minimum atomic E-state index is 0.754. The lowest BCUT2D eigenvalue weighted by atomic mass is 10.3. The van der Waals surface area contributed by atoms with Crippen molar-refractivity contribution < 1.29 is 4.74 Å². The zero-order valence-electron chi connectivity index (χ0n) is 7.47. The van der Waals surface area contributed by atoms with Crippen LogP contribution >= 0.6 is 0 Å². The van der Waals surface area contributed by atoms with Gasteiger partial charge in [0.15, 0.2) is 0 Å². The van der Waals surface area contributed by atoms with E-state index < -0.39 is 0 Å². The van der Waals surface area contributed by atoms with Crippen molar-refractivity contribution in [2.45, 2.75) is 0 Å². The molecule has 0 atom stereocenters. The van der Waals surface area contributed by atoms with Crippen molar-refractivity contribution in [3.63, 3.8) is 0 Å². The monoisotopic (exact) mass is 176 g/mol. The van der Waals surface area contributed by atoms with Crippen LogP contribution in [-0.4, -0.2) is 13.3 Å². The molecule has 0 heterocycles. The van der Waals surface area contributed by atoms with E-state index in [2.05, 4.69) is 4.99 Å². The predicted molar refractivity (Wildman–Crippen MR) is 54.5 cm³/mol. The molecule has 0 aliphatic heterocycles. The number of nitrogens with zero attached hydrogens (tertiary/aromatic N) is 1. The van der Waals surface area contributed by atoms with E-state index >= 15 is 0 Å². The fourth-order valence-electron chi connectivity index (χ4n) is 0.909. The molecule has 0 aromatic heterocycles. The SMILES string of the molecule is COc1ccccc1N=C/C=C\N. The summed E-state index contributed by atoms with van der Waals surface area (Å²) in [4.78, 5) is 4.15. The number of ether oxygens (including phenoxy) is 1. The molecule has 0 saturated heterocycles. The van der Waals surface area contributed by atoms with Crippen LogP contribution < -0.4 is 10.5 Å². The van der Waals surface area contributed by atoms with Crippen LogP contribution in [0.4, 0.5) is 5.69 Å². The van der Waals surface area contributed by atoms with E-state index in [1.165, 1.54) is 6.20 Å². The molecule has 0 fully saturated rings. The average Bonchev–Trinajstić information content (AvgIpc) is 2.19. The van der Waals surface area contributed by atoms with Crippen molar-refractivity contribution in [2.75, 3.05) is 7.11 Å². The molecule has 0 aliphatic rings. The normalized spacial score (nSPS) is 11.2. The zero-order valence-corrected chi connectivity index (χ0v) is 7.47. The van der Waals surface area contributed by atoms with Gasteiger partial charge in [-0.05, 0) is 24.4 Å². The molecule has 0 unspecified atom stereocenters. The first-order chi connectivity index (χ1) is 6.38. The van der Waals surface area contributed by atoms with Gasteiger partial charge in [0.2, 0.25) is 0 Å². The number of hydrogen-bond acceptors (Lipinski definition) is 3. The van der Waals surface area contributed by atoms with Gasteiger partial charge >= 0.3 is 0 Å². The summed E-state index contributed by atoms with van der Waals surface area (Å²) in [6.07, 6.45) is 4.71. The van der Waals surface area contributed by atoms with Gasteiger partial charge in [0.25, 0.3) is 0 Å². The highest BCUT2D eigenvalue weighted by Gasteiger charge is 1.95. The zero-order chi connectivity index (χ0) is 9.52. The van der Waals surface area contributed by atoms with E-state index in [4.69, 9.17) is 10.5 Å². The molecule has 0 amide bonds. The van der Waals surface area contributed by atoms with E-state index in [1.807, 2.05) is 24.3 Å². The smallest absolute Gasteiger partial charge is 0.144 e. The Labute approximate surface area is 77.6 Å². The average molecular weight is 176 g/mol. The number of methoxy groups -OCH3 is 1. The molecule has 1 aromatic carbocycles. The maximum Gasteiger partial charge on any atom is 0.144 e. The van der Waals surface area contributed by atoms with Gasteiger partial charge in [0.1, 0.15) is 11.4 Å². The maximum atomic E-state index is 5.16. The fourth-order valence-corrected chi connectivity index (χ4v) is 0.909. The number of allylic oxidation sites excluding steroid dienone is 1. The van der Waals surface area contributed by atoms with E-state index in [9.17, 15) is 0 Å². The van der Waals surface area contributed by atoms with Gasteiger partial charge in [-0.15, -0.1) is 0 Å². The highest BCUT2D eigenvalue weighted by atomic mass is 16.5. The van der Waals surface area contributed by atoms with Crippen LogP contribution in [0.5, 0.6) is 5.75 Å². The molecule has 0 spiro atoms. The lowest BCUT2D eigenvalue weighted by molar-refractivity contribution is 0.416. The van der Waals surface area contributed by atoms with Gasteiger partial charge in [0.05, 0.1) is 7.11 Å². The second kappa shape index (κ2) is 4.98. The van der Waals surface area contributed by atoms with Gasteiger partial charge in [-0.25, -0.2) is 0 Å². The highest BCUT2D eigenvalue weighted by molar-refractivity contribution is 5.75. The van der Waals surface area contributed by atoms with Crippen LogP contribution in [0.15, 0.2) is 41.5 Å². The van der Waals surface area contributed by atoms with Crippen molar-refractivity contribution in [1.29, 1.82) is 0 Å². The standard InChI is InChI=1S/C10H12N2O/c1-13-10-6-3-2-5-9(10)12-8-4-7-11/h2-8H,11H2,1H3/b7-4-,12-8?. The second-order valence-electron chi connectivity index (χ2n) is 2.33. The maximum absolute atomic E-state index is 5.16. The van der Waals surface area contributed by atoms with Crippen LogP contribution in [0, 0.1) is 0 Å². The number of benzene rings is 1. The Kier molecular flexibility index (Phi) is 3.57. The first-order valence-corrected chi connectivity index (χ1v) is 3.92. The third kappa shape index (κ3) is 2.63. The highest BCUT2D eigenvalue weighted by Crippen LogP contribution is 2.25. The van der Waals surface area contributed by atoms with Gasteiger partial charge in [-0.1, -0.05) is 12.1 Å². The third-order valence-electron chi connectivity index (χ3n) is 1.50. The van der Waals surface area contributed by atoms with E-state index in [0.29, 0.717) is 0 Å². The second-order valence-corrected chi connectivity index (χ2v) is 2.33. The van der Waals surface area contributed by atoms with E-state index in [0.717, 1.165) is 11.4 Å². The van der Waals surface area contributed by atoms with E-state index in [-0.39, 0.29) is 0 Å². The molecular formula is C10H12N2O. The van der Waals surface area contributed by atoms with Crippen LogP contribution in [0.2, 0.25) is 0 Å². The minimum absolute atomic E-state index is 0.754. The van der Waals surface area contributed by atoms with Crippen molar-refractivity contribution in [3.05, 3.63) is 36.5 Å². The summed E-state index contributed by atoms with van der Waals surface area (Å²) in [5.74, 6) is 0.754. The van der Waals surface area contributed by atoms with Crippen molar-refractivity contribution in [2.24, 2.45) is 10.7 Å². The third-order valence-corrected chi connectivity index (χ3v) is 1.50. The Hall–Kier alpha value is -1.77. The minimum Gasteiger partial charge on any atom is -0.494 e. The Morgan fingerprint density at radius 3 is 2.85 bits per heavy atom. The quantitative estimate of drug-likeness (QED) is 0.714. The van der Waals surface area contributed by atoms with Crippen LogP contribution in [-0.2, 0) is 0 Å². The largest absolute Gasteiger partial charge is 0.494 e. The summed E-state index contributed by atoms with van der Waals surface area (Å²) in [6.45, 7) is 0.